The average Bonchev–Trinajstić information content (AvgIpc) is 2.28. The summed E-state index contributed by atoms with van der Waals surface area (Å²) in [6.45, 7) is 2.44. The van der Waals surface area contributed by atoms with Crippen LogP contribution in [0.15, 0.2) is 11.1 Å². The molecule has 0 aromatic rings. The summed E-state index contributed by atoms with van der Waals surface area (Å²) in [5.41, 5.74) is 2.52. The first kappa shape index (κ1) is 13.4. The number of hydrogen-bond donors (Lipinski definition) is 1. The molecule has 0 aliphatic heterocycles. The first-order chi connectivity index (χ1) is 7.79. The number of Topliss-reactive ketones (excluding diaryl/α,β-unsaturated/α-hetero) is 1. The zero-order valence-corrected chi connectivity index (χ0v) is 10.4. The lowest BCUT2D eigenvalue weighted by Gasteiger charge is -2.19. The predicted octanol–water partition coefficient (Wildman–Crippen LogP) is 3.39. The summed E-state index contributed by atoms with van der Waals surface area (Å²) in [5, 5.41) is 8.77. The molecule has 92 valence electrons. The van der Waals surface area contributed by atoms with Gasteiger partial charge in [0.15, 0.2) is 5.78 Å². The van der Waals surface area contributed by atoms with E-state index in [1.54, 1.807) is 0 Å². The van der Waals surface area contributed by atoms with Crippen molar-refractivity contribution >= 4 is 5.78 Å². The minimum atomic E-state index is 0.269. The van der Waals surface area contributed by atoms with Crippen molar-refractivity contribution in [3.63, 3.8) is 0 Å². The van der Waals surface area contributed by atoms with Crippen LogP contribution in [0.2, 0.25) is 0 Å². The van der Waals surface area contributed by atoms with Crippen LogP contribution in [0.5, 0.6) is 0 Å². The van der Waals surface area contributed by atoms with E-state index in [-0.39, 0.29) is 6.61 Å². The van der Waals surface area contributed by atoms with Crippen LogP contribution in [0.4, 0.5) is 0 Å². The summed E-state index contributed by atoms with van der Waals surface area (Å²) in [4.78, 5) is 11.8. The van der Waals surface area contributed by atoms with Gasteiger partial charge in [0.25, 0.3) is 0 Å². The lowest BCUT2D eigenvalue weighted by molar-refractivity contribution is -0.116. The molecule has 2 heteroatoms. The third-order valence-corrected chi connectivity index (χ3v) is 3.31. The second-order valence-electron chi connectivity index (χ2n) is 4.64. The molecule has 0 radical (unpaired) electrons. The van der Waals surface area contributed by atoms with Crippen LogP contribution in [0.3, 0.4) is 0 Å². The van der Waals surface area contributed by atoms with Gasteiger partial charge < -0.3 is 5.11 Å². The molecule has 16 heavy (non-hydrogen) atoms. The number of ketones is 1. The van der Waals surface area contributed by atoms with Gasteiger partial charge in [-0.25, -0.2) is 0 Å². The largest absolute Gasteiger partial charge is 0.396 e. The van der Waals surface area contributed by atoms with E-state index in [1.807, 2.05) is 0 Å². The Labute approximate surface area is 98.7 Å². The van der Waals surface area contributed by atoms with Crippen LogP contribution in [0.1, 0.15) is 64.7 Å². The molecule has 0 saturated heterocycles. The van der Waals surface area contributed by atoms with Gasteiger partial charge in [0.2, 0.25) is 0 Å². The summed E-state index contributed by atoms with van der Waals surface area (Å²) >= 11 is 0. The number of aliphatic hydroxyl groups excluding tert-OH is 1. The van der Waals surface area contributed by atoms with Gasteiger partial charge in [-0.1, -0.05) is 18.9 Å². The zero-order valence-electron chi connectivity index (χ0n) is 10.4. The zero-order chi connectivity index (χ0) is 11.8. The van der Waals surface area contributed by atoms with Crippen molar-refractivity contribution in [2.45, 2.75) is 64.7 Å². The number of aliphatic hydroxyl groups is 1. The Kier molecular flexibility index (Phi) is 6.39. The van der Waals surface area contributed by atoms with Gasteiger partial charge in [-0.05, 0) is 50.5 Å². The number of hydrogen-bond acceptors (Lipinski definition) is 2. The third-order valence-electron chi connectivity index (χ3n) is 3.31. The molecule has 0 saturated carbocycles. The quantitative estimate of drug-likeness (QED) is 0.673. The Morgan fingerprint density at radius 3 is 2.62 bits per heavy atom. The molecule has 0 bridgehead atoms. The van der Waals surface area contributed by atoms with Crippen molar-refractivity contribution in [2.75, 3.05) is 6.61 Å². The first-order valence-electron chi connectivity index (χ1n) is 6.64. The number of carbonyl (C=O) groups excluding carboxylic acids is 1. The van der Waals surface area contributed by atoms with Crippen molar-refractivity contribution in [1.82, 2.24) is 0 Å². The SMILES string of the molecule is CCCCC1=C(CCCCO)CCCC1=O. The minimum absolute atomic E-state index is 0.269. The summed E-state index contributed by atoms with van der Waals surface area (Å²) in [6, 6.07) is 0. The summed E-state index contributed by atoms with van der Waals surface area (Å²) in [6.07, 6.45) is 9.05. The van der Waals surface area contributed by atoms with E-state index in [0.29, 0.717) is 5.78 Å². The highest BCUT2D eigenvalue weighted by molar-refractivity contribution is 5.96. The van der Waals surface area contributed by atoms with Crippen molar-refractivity contribution in [1.29, 1.82) is 0 Å². The van der Waals surface area contributed by atoms with E-state index in [0.717, 1.165) is 63.4 Å². The van der Waals surface area contributed by atoms with Gasteiger partial charge in [-0.2, -0.15) is 0 Å². The first-order valence-corrected chi connectivity index (χ1v) is 6.64. The van der Waals surface area contributed by atoms with Crippen LogP contribution in [0, 0.1) is 0 Å². The molecule has 0 aromatic carbocycles. The minimum Gasteiger partial charge on any atom is -0.396 e. The van der Waals surface area contributed by atoms with Crippen molar-refractivity contribution in [2.24, 2.45) is 0 Å². The lowest BCUT2D eigenvalue weighted by Crippen LogP contribution is -2.12. The normalized spacial score (nSPS) is 17.0. The van der Waals surface area contributed by atoms with E-state index >= 15 is 0 Å². The number of carbonyl (C=O) groups is 1. The van der Waals surface area contributed by atoms with Gasteiger partial charge >= 0.3 is 0 Å². The molecule has 1 aliphatic rings. The molecule has 2 nitrogen and oxygen atoms in total. The molecule has 0 spiro atoms. The highest BCUT2D eigenvalue weighted by Gasteiger charge is 2.19. The summed E-state index contributed by atoms with van der Waals surface area (Å²) in [5.74, 6) is 0.388. The molecular weight excluding hydrogens is 200 g/mol. The van der Waals surface area contributed by atoms with E-state index < -0.39 is 0 Å². The topological polar surface area (TPSA) is 37.3 Å². The van der Waals surface area contributed by atoms with Gasteiger partial charge in [-0.15, -0.1) is 0 Å². The maximum atomic E-state index is 11.8. The molecule has 0 heterocycles. The maximum absolute atomic E-state index is 11.8. The monoisotopic (exact) mass is 224 g/mol. The summed E-state index contributed by atoms with van der Waals surface area (Å²) in [7, 11) is 0. The van der Waals surface area contributed by atoms with Crippen molar-refractivity contribution < 1.29 is 9.90 Å². The summed E-state index contributed by atoms with van der Waals surface area (Å²) < 4.78 is 0. The standard InChI is InChI=1S/C14H24O2/c1-2-3-9-13-12(7-4-5-11-15)8-6-10-14(13)16/h15H,2-11H2,1H3. The molecular formula is C14H24O2. The molecule has 0 aromatic heterocycles. The molecule has 1 aliphatic carbocycles. The van der Waals surface area contributed by atoms with Gasteiger partial charge in [-0.3, -0.25) is 4.79 Å². The van der Waals surface area contributed by atoms with E-state index in [9.17, 15) is 4.79 Å². The molecule has 0 fully saturated rings. The number of rotatable bonds is 7. The van der Waals surface area contributed by atoms with Crippen LogP contribution < -0.4 is 0 Å². The molecule has 0 amide bonds. The molecule has 1 rings (SSSR count). The van der Waals surface area contributed by atoms with Crippen LogP contribution >= 0.6 is 0 Å². The highest BCUT2D eigenvalue weighted by atomic mass is 16.2. The van der Waals surface area contributed by atoms with E-state index in [1.165, 1.54) is 5.57 Å². The number of unbranched alkanes of at least 4 members (excludes halogenated alkanes) is 2. The Hall–Kier alpha value is -0.630. The fourth-order valence-corrected chi connectivity index (χ4v) is 2.36. The van der Waals surface area contributed by atoms with Gasteiger partial charge in [0, 0.05) is 13.0 Å². The average molecular weight is 224 g/mol. The molecule has 1 N–H and O–H groups in total. The van der Waals surface area contributed by atoms with Crippen LogP contribution in [-0.4, -0.2) is 17.5 Å². The van der Waals surface area contributed by atoms with Crippen LogP contribution in [-0.2, 0) is 4.79 Å². The second kappa shape index (κ2) is 7.61. The maximum Gasteiger partial charge on any atom is 0.158 e. The van der Waals surface area contributed by atoms with Gasteiger partial charge in [0.05, 0.1) is 0 Å². The Morgan fingerprint density at radius 2 is 1.94 bits per heavy atom. The third kappa shape index (κ3) is 4.09. The van der Waals surface area contributed by atoms with Crippen molar-refractivity contribution in [3.8, 4) is 0 Å². The lowest BCUT2D eigenvalue weighted by atomic mass is 9.85. The predicted molar refractivity (Wildman–Crippen MR) is 66.3 cm³/mol. The highest BCUT2D eigenvalue weighted by Crippen LogP contribution is 2.29. The molecule has 0 atom stereocenters. The Bertz CT molecular complexity index is 253. The van der Waals surface area contributed by atoms with E-state index in [2.05, 4.69) is 6.92 Å². The number of allylic oxidation sites excluding steroid dienone is 2. The molecule has 0 unspecified atom stereocenters. The fraction of sp³-hybridized carbons (Fsp3) is 0.786. The van der Waals surface area contributed by atoms with Gasteiger partial charge in [0.1, 0.15) is 0 Å². The Balaban J connectivity index is 2.58. The second-order valence-corrected chi connectivity index (χ2v) is 4.64. The smallest absolute Gasteiger partial charge is 0.158 e. The van der Waals surface area contributed by atoms with Crippen molar-refractivity contribution in [3.05, 3.63) is 11.1 Å². The fourth-order valence-electron chi connectivity index (χ4n) is 2.36. The Morgan fingerprint density at radius 1 is 1.12 bits per heavy atom. The van der Waals surface area contributed by atoms with E-state index in [4.69, 9.17) is 5.11 Å². The van der Waals surface area contributed by atoms with Crippen LogP contribution in [0.25, 0.3) is 0 Å².